The second kappa shape index (κ2) is 5.67. The van der Waals surface area contributed by atoms with Crippen molar-refractivity contribution in [1.82, 2.24) is 0 Å². The first-order chi connectivity index (χ1) is 8.33. The third kappa shape index (κ3) is 4.21. The fraction of sp³-hybridized carbons (Fsp3) is 0.615. The Morgan fingerprint density at radius 3 is 2.67 bits per heavy atom. The molecule has 0 heterocycles. The largest absolute Gasteiger partial charge is 0.505 e. The van der Waals surface area contributed by atoms with Gasteiger partial charge >= 0.3 is 11.7 Å². The first-order valence-corrected chi connectivity index (χ1v) is 6.02. The third-order valence-corrected chi connectivity index (χ3v) is 2.50. The van der Waals surface area contributed by atoms with Crippen LogP contribution in [-0.4, -0.2) is 16.7 Å². The van der Waals surface area contributed by atoms with Crippen molar-refractivity contribution in [3.63, 3.8) is 0 Å². The second-order valence-electron chi connectivity index (χ2n) is 5.33. The van der Waals surface area contributed by atoms with E-state index in [2.05, 4.69) is 4.98 Å². The first kappa shape index (κ1) is 14.2. The zero-order valence-electron chi connectivity index (χ0n) is 11.1. The summed E-state index contributed by atoms with van der Waals surface area (Å²) in [6, 6.07) is 0. The van der Waals surface area contributed by atoms with Crippen molar-refractivity contribution in [3.8, 4) is 0 Å². The SMILES string of the molecule is CC(C)(C)OC(=O)/C([N+]#N)=C(\O)CC1=CCCC1. The lowest BCUT2D eigenvalue weighted by Gasteiger charge is -2.16. The highest BCUT2D eigenvalue weighted by Crippen LogP contribution is 2.25. The van der Waals surface area contributed by atoms with E-state index in [9.17, 15) is 9.90 Å². The maximum absolute atomic E-state index is 11.7. The summed E-state index contributed by atoms with van der Waals surface area (Å²) in [6.07, 6.45) is 5.21. The Morgan fingerprint density at radius 1 is 1.56 bits per heavy atom. The van der Waals surface area contributed by atoms with Crippen LogP contribution in [0.2, 0.25) is 0 Å². The van der Waals surface area contributed by atoms with E-state index in [1.54, 1.807) is 20.8 Å². The van der Waals surface area contributed by atoms with E-state index in [0.29, 0.717) is 0 Å². The summed E-state index contributed by atoms with van der Waals surface area (Å²) in [4.78, 5) is 14.5. The maximum Gasteiger partial charge on any atom is 0.505 e. The summed E-state index contributed by atoms with van der Waals surface area (Å²) in [5, 5.41) is 18.6. The molecule has 0 spiro atoms. The van der Waals surface area contributed by atoms with Gasteiger partial charge in [0.1, 0.15) is 5.60 Å². The summed E-state index contributed by atoms with van der Waals surface area (Å²) >= 11 is 0. The van der Waals surface area contributed by atoms with Crippen molar-refractivity contribution >= 4 is 5.97 Å². The summed E-state index contributed by atoms with van der Waals surface area (Å²) in [5.74, 6) is -1.07. The smallest absolute Gasteiger partial charge is 0.505 e. The van der Waals surface area contributed by atoms with Gasteiger partial charge in [-0.2, -0.15) is 0 Å². The van der Waals surface area contributed by atoms with Crippen LogP contribution in [0.1, 0.15) is 46.5 Å². The topological polar surface area (TPSA) is 74.7 Å². The predicted molar refractivity (Wildman–Crippen MR) is 67.1 cm³/mol. The Labute approximate surface area is 107 Å². The summed E-state index contributed by atoms with van der Waals surface area (Å²) in [5.41, 5.74) is -0.0603. The zero-order valence-corrected chi connectivity index (χ0v) is 11.1. The Kier molecular flexibility index (Phi) is 4.49. The number of allylic oxidation sites excluding steroid dienone is 2. The predicted octanol–water partition coefficient (Wildman–Crippen LogP) is 3.45. The van der Waals surface area contributed by atoms with E-state index < -0.39 is 17.3 Å². The fourth-order valence-electron chi connectivity index (χ4n) is 1.74. The Hall–Kier alpha value is -1.83. The molecule has 0 atom stereocenters. The van der Waals surface area contributed by atoms with E-state index in [-0.39, 0.29) is 12.2 Å². The molecule has 1 aliphatic rings. The number of aliphatic hydroxyl groups is 1. The number of nitrogens with zero attached hydrogens (tertiary/aromatic N) is 2. The van der Waals surface area contributed by atoms with Crippen LogP contribution in [0, 0.1) is 5.39 Å². The molecule has 0 aromatic rings. The van der Waals surface area contributed by atoms with Crippen LogP contribution in [0.5, 0.6) is 0 Å². The molecule has 0 saturated heterocycles. The molecule has 0 aromatic heterocycles. The number of esters is 1. The molecule has 1 N–H and O–H groups in total. The minimum Gasteiger partial charge on any atom is -0.505 e. The lowest BCUT2D eigenvalue weighted by atomic mass is 10.1. The maximum atomic E-state index is 11.7. The number of hydrogen-bond acceptors (Lipinski definition) is 4. The summed E-state index contributed by atoms with van der Waals surface area (Å²) < 4.78 is 5.05. The summed E-state index contributed by atoms with van der Waals surface area (Å²) in [6.45, 7) is 5.11. The Balaban J connectivity index is 2.80. The minimum atomic E-state index is -0.818. The number of aliphatic hydroxyl groups excluding tert-OH is 1. The van der Waals surface area contributed by atoms with Gasteiger partial charge in [0.15, 0.2) is 4.98 Å². The monoisotopic (exact) mass is 251 g/mol. The molecular weight excluding hydrogens is 232 g/mol. The van der Waals surface area contributed by atoms with E-state index in [1.165, 1.54) is 0 Å². The molecule has 0 radical (unpaired) electrons. The summed E-state index contributed by atoms with van der Waals surface area (Å²) in [7, 11) is 0. The van der Waals surface area contributed by atoms with Crippen molar-refractivity contribution in [2.75, 3.05) is 0 Å². The van der Waals surface area contributed by atoms with E-state index in [4.69, 9.17) is 10.1 Å². The van der Waals surface area contributed by atoms with Gasteiger partial charge in [0.05, 0.1) is 0 Å². The average Bonchev–Trinajstić information content (AvgIpc) is 2.68. The van der Waals surface area contributed by atoms with Crippen LogP contribution in [0.3, 0.4) is 0 Å². The molecule has 0 amide bonds. The van der Waals surface area contributed by atoms with Gasteiger partial charge in [0.25, 0.3) is 0 Å². The molecular formula is C13H19N2O3+. The van der Waals surface area contributed by atoms with E-state index >= 15 is 0 Å². The van der Waals surface area contributed by atoms with Gasteiger partial charge in [-0.1, -0.05) is 11.6 Å². The van der Waals surface area contributed by atoms with E-state index in [0.717, 1.165) is 24.8 Å². The van der Waals surface area contributed by atoms with E-state index in [1.807, 2.05) is 6.08 Å². The number of carbonyl (C=O) groups is 1. The quantitative estimate of drug-likeness (QED) is 0.274. The molecule has 1 aliphatic carbocycles. The third-order valence-electron chi connectivity index (χ3n) is 2.50. The van der Waals surface area contributed by atoms with Crippen LogP contribution in [0.4, 0.5) is 0 Å². The molecule has 0 fully saturated rings. The molecule has 1 rings (SSSR count). The van der Waals surface area contributed by atoms with Crippen molar-refractivity contribution in [3.05, 3.63) is 28.1 Å². The van der Waals surface area contributed by atoms with Gasteiger partial charge in [-0.05, 0) is 40.0 Å². The number of ether oxygens (including phenoxy) is 1. The number of carbonyl (C=O) groups excluding carboxylic acids is 1. The molecule has 5 nitrogen and oxygen atoms in total. The molecule has 18 heavy (non-hydrogen) atoms. The average molecular weight is 251 g/mol. The normalized spacial score (nSPS) is 16.7. The molecule has 5 heteroatoms. The Morgan fingerprint density at radius 2 is 2.22 bits per heavy atom. The highest BCUT2D eigenvalue weighted by atomic mass is 16.6. The van der Waals surface area contributed by atoms with Crippen LogP contribution in [0.25, 0.3) is 4.98 Å². The molecule has 0 bridgehead atoms. The lowest BCUT2D eigenvalue weighted by molar-refractivity contribution is -0.149. The highest BCUT2D eigenvalue weighted by Gasteiger charge is 2.34. The standard InChI is InChI=1S/C13H18N2O3/c1-13(2,3)18-12(17)11(15-14)10(16)8-9-6-4-5-7-9/h6H,4-5,7-8H2,1-3H3/p+1. The molecule has 98 valence electrons. The molecule has 0 unspecified atom stereocenters. The number of rotatable bonds is 3. The van der Waals surface area contributed by atoms with Gasteiger partial charge in [-0.3, -0.25) is 0 Å². The van der Waals surface area contributed by atoms with Crippen LogP contribution in [0.15, 0.2) is 23.1 Å². The second-order valence-corrected chi connectivity index (χ2v) is 5.33. The van der Waals surface area contributed by atoms with Crippen LogP contribution in [-0.2, 0) is 9.53 Å². The highest BCUT2D eigenvalue weighted by molar-refractivity contribution is 5.91. The van der Waals surface area contributed by atoms with Crippen LogP contribution < -0.4 is 0 Å². The van der Waals surface area contributed by atoms with Crippen molar-refractivity contribution in [2.24, 2.45) is 0 Å². The molecule has 0 aromatic carbocycles. The molecule has 0 aliphatic heterocycles. The van der Waals surface area contributed by atoms with Crippen LogP contribution >= 0.6 is 0 Å². The number of hydrogen-bond donors (Lipinski definition) is 1. The molecule has 0 saturated carbocycles. The van der Waals surface area contributed by atoms with Gasteiger partial charge in [0, 0.05) is 6.42 Å². The minimum absolute atomic E-state index is 0.235. The van der Waals surface area contributed by atoms with Crippen molar-refractivity contribution < 1.29 is 14.6 Å². The lowest BCUT2D eigenvalue weighted by Crippen LogP contribution is -2.24. The zero-order chi connectivity index (χ0) is 13.8. The first-order valence-electron chi connectivity index (χ1n) is 6.02. The van der Waals surface area contributed by atoms with Gasteiger partial charge < -0.3 is 9.84 Å². The fourth-order valence-corrected chi connectivity index (χ4v) is 1.74. The van der Waals surface area contributed by atoms with Gasteiger partial charge in [0.2, 0.25) is 11.2 Å². The Bertz CT molecular complexity index is 436. The van der Waals surface area contributed by atoms with Crippen molar-refractivity contribution in [2.45, 2.75) is 52.1 Å². The number of diazo groups is 1. The van der Waals surface area contributed by atoms with Crippen molar-refractivity contribution in [1.29, 1.82) is 5.39 Å². The van der Waals surface area contributed by atoms with Gasteiger partial charge in [-0.15, -0.1) is 0 Å². The van der Waals surface area contributed by atoms with Gasteiger partial charge in [-0.25, -0.2) is 4.79 Å².